The Balaban J connectivity index is 1.98. The summed E-state index contributed by atoms with van der Waals surface area (Å²) in [4.78, 5) is 0.239. The van der Waals surface area contributed by atoms with Gasteiger partial charge in [0.1, 0.15) is 0 Å². The number of nitrogens with two attached hydrogens (primary N) is 1. The highest BCUT2D eigenvalue weighted by atomic mass is 32.2. The number of hydrogen-bond acceptors (Lipinski definition) is 4. The molecule has 1 aromatic heterocycles. The Morgan fingerprint density at radius 1 is 1.14 bits per heavy atom. The smallest absolute Gasteiger partial charge is 0.241 e. The average molecular weight is 302 g/mol. The molecule has 0 aliphatic heterocycles. The first kappa shape index (κ1) is 13.7. The highest BCUT2D eigenvalue weighted by Gasteiger charge is 2.17. The fourth-order valence-electron chi connectivity index (χ4n) is 2.16. The second-order valence-corrected chi connectivity index (χ2v) is 6.43. The van der Waals surface area contributed by atoms with Crippen LogP contribution in [0.1, 0.15) is 5.56 Å². The van der Waals surface area contributed by atoms with Crippen LogP contribution >= 0.6 is 0 Å². The van der Waals surface area contributed by atoms with E-state index >= 15 is 0 Å². The van der Waals surface area contributed by atoms with Crippen LogP contribution in [0.4, 0.5) is 5.69 Å². The van der Waals surface area contributed by atoms with Crippen molar-refractivity contribution in [1.82, 2.24) is 4.72 Å². The van der Waals surface area contributed by atoms with E-state index in [2.05, 4.69) is 4.72 Å². The van der Waals surface area contributed by atoms with E-state index in [0.29, 0.717) is 11.1 Å². The third-order valence-corrected chi connectivity index (χ3v) is 4.66. The molecular weight excluding hydrogens is 288 g/mol. The fraction of sp³-hybridized carbons (Fsp3) is 0.0667. The summed E-state index contributed by atoms with van der Waals surface area (Å²) in [7, 11) is -3.61. The minimum atomic E-state index is -3.61. The van der Waals surface area contributed by atoms with E-state index < -0.39 is 10.0 Å². The maximum absolute atomic E-state index is 12.5. The van der Waals surface area contributed by atoms with Crippen LogP contribution < -0.4 is 10.5 Å². The van der Waals surface area contributed by atoms with Gasteiger partial charge in [0, 0.05) is 23.2 Å². The maximum Gasteiger partial charge on any atom is 0.241 e. The van der Waals surface area contributed by atoms with Gasteiger partial charge in [-0.3, -0.25) is 0 Å². The zero-order chi connectivity index (χ0) is 14.9. The summed E-state index contributed by atoms with van der Waals surface area (Å²) in [5.41, 5.74) is 7.10. The number of nitrogens with one attached hydrogen (secondary N) is 1. The van der Waals surface area contributed by atoms with E-state index in [1.54, 1.807) is 36.4 Å². The largest absolute Gasteiger partial charge is 0.472 e. The highest BCUT2D eigenvalue weighted by molar-refractivity contribution is 7.89. The first-order chi connectivity index (χ1) is 10.1. The minimum absolute atomic E-state index is 0.185. The molecule has 6 heteroatoms. The van der Waals surface area contributed by atoms with Gasteiger partial charge in [0.15, 0.2) is 0 Å². The lowest BCUT2D eigenvalue weighted by molar-refractivity contribution is 0.561. The molecule has 0 fully saturated rings. The van der Waals surface area contributed by atoms with Crippen LogP contribution in [0.5, 0.6) is 0 Å². The summed E-state index contributed by atoms with van der Waals surface area (Å²) in [6, 6.07) is 12.0. The van der Waals surface area contributed by atoms with Gasteiger partial charge in [0.25, 0.3) is 0 Å². The highest BCUT2D eigenvalue weighted by Crippen LogP contribution is 2.24. The summed E-state index contributed by atoms with van der Waals surface area (Å²) >= 11 is 0. The molecule has 0 radical (unpaired) electrons. The topological polar surface area (TPSA) is 85.3 Å². The Morgan fingerprint density at radius 3 is 2.76 bits per heavy atom. The Morgan fingerprint density at radius 2 is 2.00 bits per heavy atom. The van der Waals surface area contributed by atoms with Crippen molar-refractivity contribution in [2.75, 3.05) is 5.73 Å². The maximum atomic E-state index is 12.5. The van der Waals surface area contributed by atoms with Gasteiger partial charge in [-0.25, -0.2) is 13.1 Å². The number of sulfonamides is 1. The van der Waals surface area contributed by atoms with Gasteiger partial charge in [-0.1, -0.05) is 18.2 Å². The lowest BCUT2D eigenvalue weighted by Crippen LogP contribution is -2.23. The van der Waals surface area contributed by atoms with Crippen molar-refractivity contribution in [3.8, 4) is 0 Å². The third kappa shape index (κ3) is 2.76. The number of hydrogen-bond donors (Lipinski definition) is 2. The molecule has 0 bridgehead atoms. The van der Waals surface area contributed by atoms with E-state index in [4.69, 9.17) is 10.2 Å². The van der Waals surface area contributed by atoms with Crippen LogP contribution in [-0.2, 0) is 16.6 Å². The molecule has 0 atom stereocenters. The molecule has 0 aliphatic carbocycles. The van der Waals surface area contributed by atoms with Gasteiger partial charge >= 0.3 is 0 Å². The molecule has 2 aromatic carbocycles. The van der Waals surface area contributed by atoms with E-state index in [9.17, 15) is 8.42 Å². The molecule has 108 valence electrons. The quantitative estimate of drug-likeness (QED) is 0.725. The summed E-state index contributed by atoms with van der Waals surface area (Å²) in [6.07, 6.45) is 3.01. The van der Waals surface area contributed by atoms with Crippen LogP contribution in [0.15, 0.2) is 64.3 Å². The molecule has 3 aromatic rings. The van der Waals surface area contributed by atoms with E-state index in [1.807, 2.05) is 6.07 Å². The Labute approximate surface area is 122 Å². The van der Waals surface area contributed by atoms with Crippen LogP contribution in [0.25, 0.3) is 10.8 Å². The van der Waals surface area contributed by atoms with Gasteiger partial charge < -0.3 is 10.2 Å². The van der Waals surface area contributed by atoms with Crippen LogP contribution in [0.3, 0.4) is 0 Å². The molecular formula is C15H14N2O3S. The van der Waals surface area contributed by atoms with Crippen LogP contribution in [0.2, 0.25) is 0 Å². The predicted octanol–water partition coefficient (Wildman–Crippen LogP) is 2.49. The molecule has 0 unspecified atom stereocenters. The first-order valence-electron chi connectivity index (χ1n) is 6.35. The number of rotatable bonds is 4. The molecule has 0 saturated carbocycles. The second kappa shape index (κ2) is 5.23. The zero-order valence-electron chi connectivity index (χ0n) is 11.1. The Bertz CT molecular complexity index is 871. The van der Waals surface area contributed by atoms with Gasteiger partial charge in [0.05, 0.1) is 17.4 Å². The molecule has 0 amide bonds. The van der Waals surface area contributed by atoms with Crippen molar-refractivity contribution < 1.29 is 12.8 Å². The number of nitrogen functional groups attached to an aromatic ring is 1. The van der Waals surface area contributed by atoms with E-state index in [1.165, 1.54) is 12.5 Å². The molecule has 0 aliphatic rings. The van der Waals surface area contributed by atoms with Gasteiger partial charge in [-0.05, 0) is 29.7 Å². The standard InChI is InChI=1S/C15H14N2O3S/c16-13-4-5-14-12(8-13)2-1-3-15(14)21(18,19)17-9-11-6-7-20-10-11/h1-8,10,17H,9,16H2. The van der Waals surface area contributed by atoms with Gasteiger partial charge in [-0.15, -0.1) is 0 Å². The number of benzene rings is 2. The van der Waals surface area contributed by atoms with Crippen molar-refractivity contribution in [3.63, 3.8) is 0 Å². The predicted molar refractivity (Wildman–Crippen MR) is 81.1 cm³/mol. The van der Waals surface area contributed by atoms with Gasteiger partial charge in [-0.2, -0.15) is 0 Å². The van der Waals surface area contributed by atoms with E-state index in [-0.39, 0.29) is 11.4 Å². The molecule has 5 nitrogen and oxygen atoms in total. The molecule has 21 heavy (non-hydrogen) atoms. The first-order valence-corrected chi connectivity index (χ1v) is 7.83. The van der Waals surface area contributed by atoms with Crippen molar-refractivity contribution >= 4 is 26.5 Å². The van der Waals surface area contributed by atoms with Crippen molar-refractivity contribution in [2.45, 2.75) is 11.4 Å². The summed E-state index contributed by atoms with van der Waals surface area (Å²) in [5, 5.41) is 1.44. The molecule has 3 N–H and O–H groups in total. The Hall–Kier alpha value is -2.31. The second-order valence-electron chi connectivity index (χ2n) is 4.69. The van der Waals surface area contributed by atoms with Crippen LogP contribution in [0, 0.1) is 0 Å². The van der Waals surface area contributed by atoms with Gasteiger partial charge in [0.2, 0.25) is 10.0 Å². The number of furan rings is 1. The fourth-order valence-corrected chi connectivity index (χ4v) is 3.40. The third-order valence-electron chi connectivity index (χ3n) is 3.20. The lowest BCUT2D eigenvalue weighted by atomic mass is 10.1. The zero-order valence-corrected chi connectivity index (χ0v) is 11.9. The van der Waals surface area contributed by atoms with Crippen molar-refractivity contribution in [3.05, 3.63) is 60.6 Å². The summed E-state index contributed by atoms with van der Waals surface area (Å²) < 4.78 is 32.4. The van der Waals surface area contributed by atoms with Crippen molar-refractivity contribution in [2.24, 2.45) is 0 Å². The number of fused-ring (bicyclic) bond motifs is 1. The van der Waals surface area contributed by atoms with Crippen LogP contribution in [-0.4, -0.2) is 8.42 Å². The molecule has 1 heterocycles. The minimum Gasteiger partial charge on any atom is -0.472 e. The summed E-state index contributed by atoms with van der Waals surface area (Å²) in [5.74, 6) is 0. The molecule has 0 spiro atoms. The monoisotopic (exact) mass is 302 g/mol. The average Bonchev–Trinajstić information content (AvgIpc) is 2.97. The lowest BCUT2D eigenvalue weighted by Gasteiger charge is -2.09. The Kier molecular flexibility index (Phi) is 3.40. The normalized spacial score (nSPS) is 11.8. The van der Waals surface area contributed by atoms with Crippen molar-refractivity contribution in [1.29, 1.82) is 0 Å². The number of anilines is 1. The summed E-state index contributed by atoms with van der Waals surface area (Å²) in [6.45, 7) is 0.185. The molecule has 3 rings (SSSR count). The van der Waals surface area contributed by atoms with E-state index in [0.717, 1.165) is 10.9 Å². The molecule has 0 saturated heterocycles. The SMILES string of the molecule is Nc1ccc2c(S(=O)(=O)NCc3ccoc3)cccc2c1.